The molecule has 0 bridgehead atoms. The molecule has 1 rings (SSSR count). The van der Waals surface area contributed by atoms with Gasteiger partial charge < -0.3 is 10.6 Å². The van der Waals surface area contributed by atoms with E-state index in [0.29, 0.717) is 0 Å². The highest BCUT2D eigenvalue weighted by atomic mass is 35.5. The van der Waals surface area contributed by atoms with Crippen molar-refractivity contribution in [1.82, 2.24) is 0 Å². The summed E-state index contributed by atoms with van der Waals surface area (Å²) in [6.07, 6.45) is 0.954. The highest BCUT2D eigenvalue weighted by Crippen LogP contribution is 2.23. The fourth-order valence-electron chi connectivity index (χ4n) is 1.57. The van der Waals surface area contributed by atoms with Gasteiger partial charge >= 0.3 is 0 Å². The number of anilines is 1. The Morgan fingerprint density at radius 2 is 2.00 bits per heavy atom. The van der Waals surface area contributed by atoms with Crippen LogP contribution < -0.4 is 10.6 Å². The van der Waals surface area contributed by atoms with Gasteiger partial charge in [-0.1, -0.05) is 17.7 Å². The van der Waals surface area contributed by atoms with Crippen LogP contribution in [0.5, 0.6) is 0 Å². The molecule has 3 heteroatoms. The summed E-state index contributed by atoms with van der Waals surface area (Å²) in [6, 6.07) is 5.96. The molecule has 16 heavy (non-hydrogen) atoms. The Labute approximate surface area is 103 Å². The van der Waals surface area contributed by atoms with Crippen LogP contribution in [0.4, 0.5) is 5.69 Å². The zero-order valence-corrected chi connectivity index (χ0v) is 11.3. The second-order valence-corrected chi connectivity index (χ2v) is 5.53. The maximum Gasteiger partial charge on any atom is 0.0426 e. The van der Waals surface area contributed by atoms with E-state index in [1.807, 2.05) is 32.0 Å². The molecular weight excluding hydrogens is 220 g/mol. The minimum absolute atomic E-state index is 0.124. The maximum absolute atomic E-state index is 6.00. The lowest BCUT2D eigenvalue weighted by Crippen LogP contribution is -2.36. The minimum atomic E-state index is -0.124. The van der Waals surface area contributed by atoms with Crippen LogP contribution in [0.3, 0.4) is 0 Å². The van der Waals surface area contributed by atoms with E-state index < -0.39 is 0 Å². The average molecular weight is 241 g/mol. The van der Waals surface area contributed by atoms with Crippen molar-refractivity contribution in [3.8, 4) is 0 Å². The van der Waals surface area contributed by atoms with E-state index in [2.05, 4.69) is 18.9 Å². The van der Waals surface area contributed by atoms with E-state index in [9.17, 15) is 0 Å². The number of aryl methyl sites for hydroxylation is 1. The smallest absolute Gasteiger partial charge is 0.0426 e. The molecule has 0 spiro atoms. The molecule has 0 saturated carbocycles. The predicted octanol–water partition coefficient (Wildman–Crippen LogP) is 3.21. The van der Waals surface area contributed by atoms with Gasteiger partial charge in [0.2, 0.25) is 0 Å². The molecule has 2 N–H and O–H groups in total. The first-order valence-corrected chi connectivity index (χ1v) is 5.93. The van der Waals surface area contributed by atoms with Crippen LogP contribution >= 0.6 is 11.6 Å². The Hall–Kier alpha value is -0.730. The first kappa shape index (κ1) is 13.3. The van der Waals surface area contributed by atoms with Gasteiger partial charge in [-0.15, -0.1) is 0 Å². The summed E-state index contributed by atoms with van der Waals surface area (Å²) in [6.45, 7) is 7.12. The Morgan fingerprint density at radius 1 is 1.38 bits per heavy atom. The van der Waals surface area contributed by atoms with E-state index in [1.54, 1.807) is 0 Å². The van der Waals surface area contributed by atoms with Crippen LogP contribution in [-0.2, 0) is 0 Å². The van der Waals surface area contributed by atoms with Crippen molar-refractivity contribution in [2.45, 2.75) is 32.7 Å². The maximum atomic E-state index is 6.00. The Balaban J connectivity index is 2.73. The number of halogens is 1. The molecule has 1 aromatic carbocycles. The topological polar surface area (TPSA) is 29.3 Å². The summed E-state index contributed by atoms with van der Waals surface area (Å²) in [4.78, 5) is 2.20. The van der Waals surface area contributed by atoms with Crippen LogP contribution in [0.15, 0.2) is 18.2 Å². The molecule has 0 radical (unpaired) electrons. The van der Waals surface area contributed by atoms with Gasteiger partial charge in [0, 0.05) is 29.8 Å². The van der Waals surface area contributed by atoms with E-state index in [1.165, 1.54) is 11.3 Å². The summed E-state index contributed by atoms with van der Waals surface area (Å²) in [5.74, 6) is 0. The van der Waals surface area contributed by atoms with Crippen LogP contribution in [0.25, 0.3) is 0 Å². The van der Waals surface area contributed by atoms with Gasteiger partial charge in [-0.25, -0.2) is 0 Å². The molecule has 0 aromatic heterocycles. The summed E-state index contributed by atoms with van der Waals surface area (Å²) in [7, 11) is 2.07. The van der Waals surface area contributed by atoms with Crippen molar-refractivity contribution in [3.63, 3.8) is 0 Å². The van der Waals surface area contributed by atoms with Gasteiger partial charge in [0.1, 0.15) is 0 Å². The van der Waals surface area contributed by atoms with Crippen LogP contribution in [0, 0.1) is 6.92 Å². The quantitative estimate of drug-likeness (QED) is 0.876. The van der Waals surface area contributed by atoms with Crippen molar-refractivity contribution >= 4 is 17.3 Å². The van der Waals surface area contributed by atoms with Gasteiger partial charge in [-0.2, -0.15) is 0 Å². The van der Waals surface area contributed by atoms with Crippen LogP contribution in [-0.4, -0.2) is 19.1 Å². The summed E-state index contributed by atoms with van der Waals surface area (Å²) < 4.78 is 0. The van der Waals surface area contributed by atoms with Crippen LogP contribution in [0.2, 0.25) is 5.02 Å². The fourth-order valence-corrected chi connectivity index (χ4v) is 1.74. The highest BCUT2D eigenvalue weighted by molar-refractivity contribution is 6.30. The van der Waals surface area contributed by atoms with Crippen LogP contribution in [0.1, 0.15) is 25.8 Å². The van der Waals surface area contributed by atoms with Crippen molar-refractivity contribution in [1.29, 1.82) is 0 Å². The molecule has 0 aliphatic rings. The largest absolute Gasteiger partial charge is 0.374 e. The third-order valence-electron chi connectivity index (χ3n) is 2.67. The lowest BCUT2D eigenvalue weighted by Gasteiger charge is -2.26. The van der Waals surface area contributed by atoms with Crippen molar-refractivity contribution in [3.05, 3.63) is 28.8 Å². The lowest BCUT2D eigenvalue weighted by molar-refractivity contribution is 0.479. The zero-order chi connectivity index (χ0) is 12.3. The second-order valence-electron chi connectivity index (χ2n) is 5.09. The number of hydrogen-bond donors (Lipinski definition) is 1. The molecule has 0 fully saturated rings. The van der Waals surface area contributed by atoms with Gasteiger partial charge in [0.05, 0.1) is 0 Å². The Kier molecular flexibility index (Phi) is 4.22. The molecule has 0 unspecified atom stereocenters. The SMILES string of the molecule is Cc1ccc(Cl)cc1N(C)CCC(C)(C)N. The fraction of sp³-hybridized carbons (Fsp3) is 0.538. The molecule has 0 amide bonds. The lowest BCUT2D eigenvalue weighted by atomic mass is 10.0. The Bertz CT molecular complexity index is 355. The number of rotatable bonds is 4. The number of benzene rings is 1. The zero-order valence-electron chi connectivity index (χ0n) is 10.5. The molecule has 0 saturated heterocycles. The standard InChI is InChI=1S/C13H21ClN2/c1-10-5-6-11(14)9-12(10)16(4)8-7-13(2,3)15/h5-6,9H,7-8,15H2,1-4H3. The van der Waals surface area contributed by atoms with Gasteiger partial charge in [0.25, 0.3) is 0 Å². The monoisotopic (exact) mass is 240 g/mol. The van der Waals surface area contributed by atoms with Crippen molar-refractivity contribution in [2.24, 2.45) is 5.73 Å². The summed E-state index contributed by atoms with van der Waals surface area (Å²) >= 11 is 6.00. The molecule has 90 valence electrons. The molecule has 0 heterocycles. The molecule has 1 aromatic rings. The molecule has 0 aliphatic heterocycles. The normalized spacial score (nSPS) is 11.6. The molecule has 2 nitrogen and oxygen atoms in total. The molecule has 0 aliphatic carbocycles. The van der Waals surface area contributed by atoms with Gasteiger partial charge in [-0.3, -0.25) is 0 Å². The van der Waals surface area contributed by atoms with E-state index in [-0.39, 0.29) is 5.54 Å². The number of nitrogens with zero attached hydrogens (tertiary/aromatic N) is 1. The first-order chi connectivity index (χ1) is 7.29. The average Bonchev–Trinajstić information content (AvgIpc) is 2.17. The minimum Gasteiger partial charge on any atom is -0.374 e. The third-order valence-corrected chi connectivity index (χ3v) is 2.91. The van der Waals surface area contributed by atoms with Gasteiger partial charge in [0.15, 0.2) is 0 Å². The third kappa shape index (κ3) is 4.03. The number of hydrogen-bond acceptors (Lipinski definition) is 2. The molecular formula is C13H21ClN2. The summed E-state index contributed by atoms with van der Waals surface area (Å²) in [5, 5.41) is 0.777. The van der Waals surface area contributed by atoms with E-state index in [0.717, 1.165) is 18.0 Å². The van der Waals surface area contributed by atoms with Crippen molar-refractivity contribution in [2.75, 3.05) is 18.5 Å². The highest BCUT2D eigenvalue weighted by Gasteiger charge is 2.13. The van der Waals surface area contributed by atoms with Gasteiger partial charge in [-0.05, 0) is 44.9 Å². The van der Waals surface area contributed by atoms with Crippen molar-refractivity contribution < 1.29 is 0 Å². The molecule has 0 atom stereocenters. The van der Waals surface area contributed by atoms with E-state index in [4.69, 9.17) is 17.3 Å². The Morgan fingerprint density at radius 3 is 2.56 bits per heavy atom. The number of nitrogens with two attached hydrogens (primary N) is 1. The summed E-state index contributed by atoms with van der Waals surface area (Å²) in [5.41, 5.74) is 8.27. The predicted molar refractivity (Wildman–Crippen MR) is 72.3 cm³/mol. The second kappa shape index (κ2) is 5.07. The first-order valence-electron chi connectivity index (χ1n) is 5.56. The van der Waals surface area contributed by atoms with E-state index >= 15 is 0 Å².